The van der Waals surface area contributed by atoms with E-state index in [4.69, 9.17) is 0 Å². The Kier molecular flexibility index (Phi) is 3.73. The zero-order valence-electron chi connectivity index (χ0n) is 15.7. The fourth-order valence-corrected chi connectivity index (χ4v) is 4.02. The van der Waals surface area contributed by atoms with Crippen LogP contribution >= 0.6 is 0 Å². The highest BCUT2D eigenvalue weighted by Crippen LogP contribution is 2.28. The van der Waals surface area contributed by atoms with Gasteiger partial charge in [0.25, 0.3) is 11.3 Å². The average molecular weight is 365 g/mol. The Bertz CT molecular complexity index is 1060. The number of anilines is 1. The number of hydrogen-bond donors (Lipinski definition) is 0. The predicted molar refractivity (Wildman–Crippen MR) is 101 cm³/mol. The normalized spacial score (nSPS) is 16.9. The number of nitrogens with zero attached hydrogens (tertiary/aromatic N) is 7. The fraction of sp³-hybridized carbons (Fsp3) is 0.526. The molecule has 1 aliphatic heterocycles. The van der Waals surface area contributed by atoms with E-state index in [0.717, 1.165) is 55.1 Å². The molecule has 3 aromatic heterocycles. The molecule has 1 saturated heterocycles. The van der Waals surface area contributed by atoms with Crippen molar-refractivity contribution in [3.8, 4) is 0 Å². The summed E-state index contributed by atoms with van der Waals surface area (Å²) in [5.74, 6) is 2.39. The molecular weight excluding hydrogens is 342 g/mol. The van der Waals surface area contributed by atoms with Crippen molar-refractivity contribution in [1.29, 1.82) is 0 Å². The third-order valence-corrected chi connectivity index (χ3v) is 5.58. The Morgan fingerprint density at radius 3 is 2.89 bits per heavy atom. The number of fused-ring (bicyclic) bond motifs is 2. The third-order valence-electron chi connectivity index (χ3n) is 5.58. The summed E-state index contributed by atoms with van der Waals surface area (Å²) in [6.07, 6.45) is 4.63. The molecule has 140 valence electrons. The minimum absolute atomic E-state index is 0.0266. The van der Waals surface area contributed by atoms with Gasteiger partial charge in [-0.25, -0.2) is 9.67 Å². The van der Waals surface area contributed by atoms with Crippen molar-refractivity contribution in [3.05, 3.63) is 45.8 Å². The molecule has 0 spiro atoms. The average Bonchev–Trinajstić information content (AvgIpc) is 3.25. The van der Waals surface area contributed by atoms with Crippen LogP contribution in [-0.2, 0) is 19.4 Å². The second-order valence-electron chi connectivity index (χ2n) is 7.93. The molecule has 0 aromatic carbocycles. The Morgan fingerprint density at radius 2 is 2.07 bits per heavy atom. The Labute approximate surface area is 156 Å². The molecule has 1 fully saturated rings. The van der Waals surface area contributed by atoms with Crippen LogP contribution in [0.3, 0.4) is 0 Å². The van der Waals surface area contributed by atoms with Gasteiger partial charge in [-0.1, -0.05) is 13.8 Å². The molecule has 0 atom stereocenters. The molecule has 5 rings (SSSR count). The first-order valence-electron chi connectivity index (χ1n) is 9.64. The fourth-order valence-electron chi connectivity index (χ4n) is 4.02. The van der Waals surface area contributed by atoms with Gasteiger partial charge >= 0.3 is 0 Å². The van der Waals surface area contributed by atoms with Gasteiger partial charge < -0.3 is 4.90 Å². The molecular formula is C19H23N7O. The predicted octanol–water partition coefficient (Wildman–Crippen LogP) is 1.43. The molecule has 8 heteroatoms. The van der Waals surface area contributed by atoms with Gasteiger partial charge in [0, 0.05) is 31.1 Å². The van der Waals surface area contributed by atoms with Gasteiger partial charge in [-0.3, -0.25) is 4.79 Å². The van der Waals surface area contributed by atoms with E-state index in [1.165, 1.54) is 0 Å². The Hall–Kier alpha value is -2.77. The van der Waals surface area contributed by atoms with Crippen molar-refractivity contribution in [2.24, 2.45) is 5.92 Å². The van der Waals surface area contributed by atoms with Gasteiger partial charge in [0.2, 0.25) is 0 Å². The van der Waals surface area contributed by atoms with Gasteiger partial charge in [0.1, 0.15) is 12.1 Å². The second kappa shape index (κ2) is 6.14. The van der Waals surface area contributed by atoms with Crippen molar-refractivity contribution >= 4 is 11.6 Å². The molecule has 3 aromatic rings. The maximum Gasteiger partial charge on any atom is 0.267 e. The number of rotatable bonds is 4. The van der Waals surface area contributed by atoms with Crippen LogP contribution in [-0.4, -0.2) is 42.5 Å². The zero-order chi connectivity index (χ0) is 18.5. The van der Waals surface area contributed by atoms with Crippen LogP contribution in [0.4, 0.5) is 5.82 Å². The molecule has 0 N–H and O–H groups in total. The molecule has 1 aliphatic carbocycles. The summed E-state index contributed by atoms with van der Waals surface area (Å²) in [7, 11) is 0. The molecule has 27 heavy (non-hydrogen) atoms. The maximum atomic E-state index is 12.3. The van der Waals surface area contributed by atoms with Gasteiger partial charge in [0.05, 0.1) is 17.9 Å². The lowest BCUT2D eigenvalue weighted by Gasteiger charge is -2.40. The first kappa shape index (κ1) is 16.4. The van der Waals surface area contributed by atoms with E-state index in [9.17, 15) is 4.79 Å². The summed E-state index contributed by atoms with van der Waals surface area (Å²) in [6.45, 7) is 6.68. The summed E-state index contributed by atoms with van der Waals surface area (Å²) >= 11 is 0. The van der Waals surface area contributed by atoms with Crippen molar-refractivity contribution in [3.63, 3.8) is 0 Å². The van der Waals surface area contributed by atoms with Crippen molar-refractivity contribution in [2.75, 3.05) is 18.0 Å². The van der Waals surface area contributed by atoms with Gasteiger partial charge in [-0.05, 0) is 30.7 Å². The summed E-state index contributed by atoms with van der Waals surface area (Å²) in [5, 5.41) is 8.92. The van der Waals surface area contributed by atoms with Crippen LogP contribution in [0.2, 0.25) is 0 Å². The molecule has 0 amide bonds. The van der Waals surface area contributed by atoms with Crippen LogP contribution < -0.4 is 10.5 Å². The van der Waals surface area contributed by atoms with E-state index < -0.39 is 0 Å². The number of aryl methyl sites for hydroxylation is 2. The van der Waals surface area contributed by atoms with E-state index in [-0.39, 0.29) is 5.56 Å². The highest BCUT2D eigenvalue weighted by Gasteiger charge is 2.30. The number of aromatic nitrogens is 6. The highest BCUT2D eigenvalue weighted by atomic mass is 16.1. The van der Waals surface area contributed by atoms with Crippen LogP contribution in [0.1, 0.15) is 43.1 Å². The Balaban J connectivity index is 1.35. The smallest absolute Gasteiger partial charge is 0.267 e. The van der Waals surface area contributed by atoms with Crippen LogP contribution in [0.5, 0.6) is 0 Å². The van der Waals surface area contributed by atoms with Crippen molar-refractivity contribution in [2.45, 2.75) is 45.6 Å². The summed E-state index contributed by atoms with van der Waals surface area (Å²) in [5.41, 5.74) is 3.29. The van der Waals surface area contributed by atoms with Gasteiger partial charge in [-0.2, -0.15) is 19.7 Å². The van der Waals surface area contributed by atoms with E-state index in [1.807, 2.05) is 0 Å². The lowest BCUT2D eigenvalue weighted by molar-refractivity contribution is 0.330. The van der Waals surface area contributed by atoms with Crippen molar-refractivity contribution in [1.82, 2.24) is 29.4 Å². The van der Waals surface area contributed by atoms with Gasteiger partial charge in [0.15, 0.2) is 0 Å². The number of hydrogen-bond acceptors (Lipinski definition) is 6. The van der Waals surface area contributed by atoms with E-state index >= 15 is 0 Å². The van der Waals surface area contributed by atoms with Crippen LogP contribution in [0.25, 0.3) is 5.78 Å². The first-order chi connectivity index (χ1) is 13.1. The monoisotopic (exact) mass is 365 g/mol. The zero-order valence-corrected chi connectivity index (χ0v) is 15.7. The minimum Gasteiger partial charge on any atom is -0.356 e. The molecule has 0 bridgehead atoms. The van der Waals surface area contributed by atoms with E-state index in [2.05, 4.69) is 45.0 Å². The highest BCUT2D eigenvalue weighted by molar-refractivity contribution is 5.49. The lowest BCUT2D eigenvalue weighted by atomic mass is 10.00. The molecule has 0 saturated carbocycles. The lowest BCUT2D eigenvalue weighted by Crippen LogP contribution is -2.50. The first-order valence-corrected chi connectivity index (χ1v) is 9.64. The SMILES string of the molecule is CC(C)c1cc(N2CC(Cn3nc4c(cc3=O)CCC4)C2)n2ncnc2n1. The van der Waals surface area contributed by atoms with Crippen molar-refractivity contribution < 1.29 is 0 Å². The topological polar surface area (TPSA) is 81.2 Å². The summed E-state index contributed by atoms with van der Waals surface area (Å²) in [6, 6.07) is 3.88. The van der Waals surface area contributed by atoms with E-state index in [1.54, 1.807) is 21.6 Å². The van der Waals surface area contributed by atoms with Gasteiger partial charge in [-0.15, -0.1) is 0 Å². The third kappa shape index (κ3) is 2.79. The molecule has 0 unspecified atom stereocenters. The standard InChI is InChI=1S/C19H23N7O/c1-12(2)16-7-17(26-19(22-16)20-11-21-26)24-8-13(9-24)10-25-18(27)6-14-4-3-5-15(14)23-25/h6-7,11-13H,3-5,8-10H2,1-2H3. The molecule has 0 radical (unpaired) electrons. The Morgan fingerprint density at radius 1 is 1.22 bits per heavy atom. The minimum atomic E-state index is 0.0266. The molecule has 2 aliphatic rings. The van der Waals surface area contributed by atoms with E-state index in [0.29, 0.717) is 24.2 Å². The summed E-state index contributed by atoms with van der Waals surface area (Å²) in [4.78, 5) is 23.4. The quantitative estimate of drug-likeness (QED) is 0.696. The largest absolute Gasteiger partial charge is 0.356 e. The summed E-state index contributed by atoms with van der Waals surface area (Å²) < 4.78 is 3.45. The molecule has 4 heterocycles. The van der Waals surface area contributed by atoms with Crippen LogP contribution in [0, 0.1) is 5.92 Å². The maximum absolute atomic E-state index is 12.3. The molecule has 8 nitrogen and oxygen atoms in total. The van der Waals surface area contributed by atoms with Crippen LogP contribution in [0.15, 0.2) is 23.3 Å². The second-order valence-corrected chi connectivity index (χ2v) is 7.93.